The first-order chi connectivity index (χ1) is 11.6. The van der Waals surface area contributed by atoms with Gasteiger partial charge in [0, 0.05) is 24.5 Å². The molecule has 2 heterocycles. The lowest BCUT2D eigenvalue weighted by atomic mass is 10.1. The largest absolute Gasteiger partial charge is 0.348 e. The molecule has 3 rings (SSSR count). The minimum absolute atomic E-state index is 0.0427. The van der Waals surface area contributed by atoms with E-state index in [1.54, 1.807) is 36.7 Å². The fourth-order valence-corrected chi connectivity index (χ4v) is 2.12. The Hall–Kier alpha value is -3.35. The highest BCUT2D eigenvalue weighted by atomic mass is 19.1. The number of carbonyl (C=O) groups is 1. The number of aromatic nitrogens is 3. The van der Waals surface area contributed by atoms with E-state index < -0.39 is 11.5 Å². The van der Waals surface area contributed by atoms with Gasteiger partial charge in [-0.2, -0.15) is 5.10 Å². The first-order valence-corrected chi connectivity index (χ1v) is 7.16. The Morgan fingerprint density at radius 1 is 1.12 bits per heavy atom. The van der Waals surface area contributed by atoms with Crippen molar-refractivity contribution in [1.29, 1.82) is 0 Å². The van der Waals surface area contributed by atoms with Crippen LogP contribution in [-0.4, -0.2) is 21.1 Å². The van der Waals surface area contributed by atoms with Crippen LogP contribution in [-0.2, 0) is 6.54 Å². The van der Waals surface area contributed by atoms with Gasteiger partial charge in [-0.3, -0.25) is 14.6 Å². The zero-order chi connectivity index (χ0) is 16.9. The number of aromatic amines is 1. The van der Waals surface area contributed by atoms with Gasteiger partial charge in [-0.05, 0) is 35.9 Å². The van der Waals surface area contributed by atoms with Crippen molar-refractivity contribution in [1.82, 2.24) is 20.5 Å². The van der Waals surface area contributed by atoms with Gasteiger partial charge < -0.3 is 5.32 Å². The number of benzene rings is 1. The minimum Gasteiger partial charge on any atom is -0.348 e. The van der Waals surface area contributed by atoms with Crippen molar-refractivity contribution in [3.05, 3.63) is 82.2 Å². The van der Waals surface area contributed by atoms with Gasteiger partial charge in [0.05, 0.1) is 5.69 Å². The van der Waals surface area contributed by atoms with E-state index in [0.29, 0.717) is 5.69 Å². The number of carbonyl (C=O) groups excluding carboxylic acids is 1. The zero-order valence-electron chi connectivity index (χ0n) is 12.5. The summed E-state index contributed by atoms with van der Waals surface area (Å²) in [5.41, 5.74) is 1.30. The van der Waals surface area contributed by atoms with Crippen molar-refractivity contribution in [3.8, 4) is 11.3 Å². The van der Waals surface area contributed by atoms with Crippen LogP contribution in [0.15, 0.2) is 59.7 Å². The SMILES string of the molecule is O=C(NCc1ccc(F)cc1)c1cc(-c2ccncc2)n[nH]c1=O. The fourth-order valence-electron chi connectivity index (χ4n) is 2.12. The number of pyridine rings is 1. The number of nitrogens with zero attached hydrogens (tertiary/aromatic N) is 2. The quantitative estimate of drug-likeness (QED) is 0.767. The normalized spacial score (nSPS) is 10.4. The molecule has 0 bridgehead atoms. The van der Waals surface area contributed by atoms with Crippen molar-refractivity contribution in [2.24, 2.45) is 0 Å². The molecule has 7 heteroatoms. The highest BCUT2D eigenvalue weighted by Crippen LogP contribution is 2.14. The molecule has 2 N–H and O–H groups in total. The van der Waals surface area contributed by atoms with E-state index in [-0.39, 0.29) is 17.9 Å². The van der Waals surface area contributed by atoms with Crippen molar-refractivity contribution < 1.29 is 9.18 Å². The van der Waals surface area contributed by atoms with Crippen molar-refractivity contribution in [2.45, 2.75) is 6.54 Å². The van der Waals surface area contributed by atoms with E-state index in [4.69, 9.17) is 0 Å². The Morgan fingerprint density at radius 2 is 1.83 bits per heavy atom. The summed E-state index contributed by atoms with van der Waals surface area (Å²) >= 11 is 0. The number of hydrogen-bond acceptors (Lipinski definition) is 4. The number of H-pyrrole nitrogens is 1. The number of amides is 1. The van der Waals surface area contributed by atoms with Crippen LogP contribution >= 0.6 is 0 Å². The smallest absolute Gasteiger partial charge is 0.277 e. The Kier molecular flexibility index (Phi) is 4.42. The molecule has 0 atom stereocenters. The van der Waals surface area contributed by atoms with E-state index >= 15 is 0 Å². The van der Waals surface area contributed by atoms with E-state index in [9.17, 15) is 14.0 Å². The molecule has 0 spiro atoms. The van der Waals surface area contributed by atoms with Crippen LogP contribution in [0.1, 0.15) is 15.9 Å². The maximum Gasteiger partial charge on any atom is 0.277 e. The average molecular weight is 324 g/mol. The maximum atomic E-state index is 12.9. The second kappa shape index (κ2) is 6.82. The Bertz CT molecular complexity index is 908. The van der Waals surface area contributed by atoms with Gasteiger partial charge in [0.15, 0.2) is 0 Å². The molecule has 2 aromatic heterocycles. The van der Waals surface area contributed by atoms with Gasteiger partial charge in [-0.1, -0.05) is 12.1 Å². The molecule has 0 saturated heterocycles. The topological polar surface area (TPSA) is 87.7 Å². The van der Waals surface area contributed by atoms with E-state index in [1.807, 2.05) is 0 Å². The molecule has 0 saturated carbocycles. The summed E-state index contributed by atoms with van der Waals surface area (Å²) < 4.78 is 12.9. The molecule has 6 nitrogen and oxygen atoms in total. The maximum absolute atomic E-state index is 12.9. The summed E-state index contributed by atoms with van der Waals surface area (Å²) in [7, 11) is 0. The Labute approximate surface area is 136 Å². The first kappa shape index (κ1) is 15.5. The third kappa shape index (κ3) is 3.52. The van der Waals surface area contributed by atoms with Crippen LogP contribution in [0.2, 0.25) is 0 Å². The molecular weight excluding hydrogens is 311 g/mol. The number of rotatable bonds is 4. The molecule has 0 aliphatic carbocycles. The fraction of sp³-hybridized carbons (Fsp3) is 0.0588. The van der Waals surface area contributed by atoms with Gasteiger partial charge in [0.2, 0.25) is 0 Å². The summed E-state index contributed by atoms with van der Waals surface area (Å²) in [6, 6.07) is 10.6. The molecule has 120 valence electrons. The average Bonchev–Trinajstić information content (AvgIpc) is 2.62. The van der Waals surface area contributed by atoms with E-state index in [1.165, 1.54) is 18.2 Å². The summed E-state index contributed by atoms with van der Waals surface area (Å²) in [5.74, 6) is -0.879. The lowest BCUT2D eigenvalue weighted by molar-refractivity contribution is 0.0949. The molecule has 1 amide bonds. The van der Waals surface area contributed by atoms with Crippen LogP contribution in [0, 0.1) is 5.82 Å². The predicted molar refractivity (Wildman–Crippen MR) is 85.7 cm³/mol. The van der Waals surface area contributed by atoms with Crippen molar-refractivity contribution >= 4 is 5.91 Å². The zero-order valence-corrected chi connectivity index (χ0v) is 12.5. The number of nitrogens with one attached hydrogen (secondary N) is 2. The monoisotopic (exact) mass is 324 g/mol. The molecule has 0 fully saturated rings. The summed E-state index contributed by atoms with van der Waals surface area (Å²) in [5, 5.41) is 8.88. The molecule has 0 radical (unpaired) electrons. The summed E-state index contributed by atoms with van der Waals surface area (Å²) in [6.45, 7) is 0.186. The lowest BCUT2D eigenvalue weighted by Gasteiger charge is -2.06. The number of hydrogen-bond donors (Lipinski definition) is 2. The van der Waals surface area contributed by atoms with Gasteiger partial charge >= 0.3 is 0 Å². The third-order valence-electron chi connectivity index (χ3n) is 3.39. The molecule has 0 aliphatic rings. The summed E-state index contributed by atoms with van der Waals surface area (Å²) in [4.78, 5) is 28.0. The molecule has 0 unspecified atom stereocenters. The minimum atomic E-state index is -0.579. The Balaban J connectivity index is 1.79. The standard InChI is InChI=1S/C17H13FN4O2/c18-13-3-1-11(2-4-13)10-20-16(23)14-9-15(21-22-17(14)24)12-5-7-19-8-6-12/h1-9H,10H2,(H,20,23)(H,22,24). The molecule has 1 aromatic carbocycles. The highest BCUT2D eigenvalue weighted by Gasteiger charge is 2.13. The first-order valence-electron chi connectivity index (χ1n) is 7.16. The van der Waals surface area contributed by atoms with Crippen molar-refractivity contribution in [3.63, 3.8) is 0 Å². The van der Waals surface area contributed by atoms with E-state index in [2.05, 4.69) is 20.5 Å². The number of halogens is 1. The van der Waals surface area contributed by atoms with Crippen LogP contribution in [0.25, 0.3) is 11.3 Å². The lowest BCUT2D eigenvalue weighted by Crippen LogP contribution is -2.29. The molecule has 3 aromatic rings. The van der Waals surface area contributed by atoms with Gasteiger partial charge in [-0.25, -0.2) is 9.49 Å². The van der Waals surface area contributed by atoms with Crippen LogP contribution < -0.4 is 10.9 Å². The van der Waals surface area contributed by atoms with Crippen LogP contribution in [0.3, 0.4) is 0 Å². The second-order valence-corrected chi connectivity index (χ2v) is 5.04. The predicted octanol–water partition coefficient (Wildman–Crippen LogP) is 1.90. The summed E-state index contributed by atoms with van der Waals surface area (Å²) in [6.07, 6.45) is 3.19. The Morgan fingerprint density at radius 3 is 2.54 bits per heavy atom. The van der Waals surface area contributed by atoms with Crippen molar-refractivity contribution in [2.75, 3.05) is 0 Å². The van der Waals surface area contributed by atoms with Crippen LogP contribution in [0.5, 0.6) is 0 Å². The van der Waals surface area contributed by atoms with Gasteiger partial charge in [0.1, 0.15) is 11.4 Å². The molecule has 24 heavy (non-hydrogen) atoms. The van der Waals surface area contributed by atoms with E-state index in [0.717, 1.165) is 11.1 Å². The second-order valence-electron chi connectivity index (χ2n) is 5.04. The van der Waals surface area contributed by atoms with Gasteiger partial charge in [0.25, 0.3) is 11.5 Å². The molecular formula is C17H13FN4O2. The third-order valence-corrected chi connectivity index (χ3v) is 3.39. The van der Waals surface area contributed by atoms with Crippen LogP contribution in [0.4, 0.5) is 4.39 Å². The van der Waals surface area contributed by atoms with Gasteiger partial charge in [-0.15, -0.1) is 0 Å². The highest BCUT2D eigenvalue weighted by molar-refractivity contribution is 5.94. The molecule has 0 aliphatic heterocycles.